The summed E-state index contributed by atoms with van der Waals surface area (Å²) in [5, 5.41) is 0. The van der Waals surface area contributed by atoms with Crippen LogP contribution in [0.5, 0.6) is 6.01 Å². The lowest BCUT2D eigenvalue weighted by Gasteiger charge is -2.11. The lowest BCUT2D eigenvalue weighted by atomic mass is 10.2. The van der Waals surface area contributed by atoms with Crippen molar-refractivity contribution in [3.8, 4) is 6.01 Å². The van der Waals surface area contributed by atoms with E-state index in [9.17, 15) is 4.39 Å². The SMILES string of the molecule is Cc1ccc(COc2ncc(F)c([NH-])n2)cc1. The number of aryl methyl sites for hydroxylation is 1. The zero-order valence-electron chi connectivity index (χ0n) is 9.27. The van der Waals surface area contributed by atoms with Crippen LogP contribution < -0.4 is 4.74 Å². The first-order chi connectivity index (χ1) is 8.15. The smallest absolute Gasteiger partial charge is 0.207 e. The third-order valence-electron chi connectivity index (χ3n) is 2.21. The normalized spacial score (nSPS) is 10.2. The molecule has 0 unspecified atom stereocenters. The average Bonchev–Trinajstić information content (AvgIpc) is 2.33. The van der Waals surface area contributed by atoms with Gasteiger partial charge in [-0.05, 0) is 18.3 Å². The molecule has 0 fully saturated rings. The molecular weight excluding hydrogens is 221 g/mol. The van der Waals surface area contributed by atoms with Crippen molar-refractivity contribution in [2.24, 2.45) is 0 Å². The van der Waals surface area contributed by atoms with Gasteiger partial charge in [-0.1, -0.05) is 29.8 Å². The molecule has 2 aromatic rings. The van der Waals surface area contributed by atoms with Crippen LogP contribution in [0.25, 0.3) is 5.73 Å². The van der Waals surface area contributed by atoms with Crippen LogP contribution in [-0.2, 0) is 6.61 Å². The molecule has 0 saturated heterocycles. The molecule has 0 aliphatic carbocycles. The van der Waals surface area contributed by atoms with E-state index in [2.05, 4.69) is 9.97 Å². The molecule has 88 valence electrons. The molecule has 17 heavy (non-hydrogen) atoms. The number of aromatic nitrogens is 2. The Morgan fingerprint density at radius 3 is 2.65 bits per heavy atom. The minimum absolute atomic E-state index is 0.0111. The molecule has 1 N–H and O–H groups in total. The van der Waals surface area contributed by atoms with Gasteiger partial charge in [0.2, 0.25) is 6.01 Å². The molecule has 1 aromatic heterocycles. The standard InChI is InChI=1S/C12H11FN3O/c1-8-2-4-9(5-3-8)7-17-12-15-6-10(13)11(14)16-12/h2-6H,7H2,1H3,(H-,14,15,16)/q-1. The fourth-order valence-electron chi connectivity index (χ4n) is 1.25. The Bertz CT molecular complexity index is 514. The molecule has 1 heterocycles. The molecule has 0 spiro atoms. The highest BCUT2D eigenvalue weighted by Crippen LogP contribution is 2.15. The second-order valence-electron chi connectivity index (χ2n) is 3.62. The summed E-state index contributed by atoms with van der Waals surface area (Å²) in [4.78, 5) is 7.21. The fraction of sp³-hybridized carbons (Fsp3) is 0.167. The number of nitrogens with one attached hydrogen (secondary N) is 1. The first-order valence-electron chi connectivity index (χ1n) is 5.07. The van der Waals surface area contributed by atoms with Gasteiger partial charge in [-0.25, -0.2) is 9.37 Å². The molecule has 0 bridgehead atoms. The quantitative estimate of drug-likeness (QED) is 0.816. The first-order valence-corrected chi connectivity index (χ1v) is 5.07. The molecule has 0 aliphatic heterocycles. The van der Waals surface area contributed by atoms with Crippen LogP contribution in [0.1, 0.15) is 11.1 Å². The van der Waals surface area contributed by atoms with Gasteiger partial charge in [-0.2, -0.15) is 0 Å². The van der Waals surface area contributed by atoms with Gasteiger partial charge in [0.05, 0.1) is 6.20 Å². The van der Waals surface area contributed by atoms with Crippen molar-refractivity contribution in [3.63, 3.8) is 0 Å². The predicted octanol–water partition coefficient (Wildman–Crippen LogP) is 3.19. The Balaban J connectivity index is 2.02. The zero-order valence-corrected chi connectivity index (χ0v) is 9.27. The van der Waals surface area contributed by atoms with E-state index in [1.807, 2.05) is 31.2 Å². The molecule has 4 nitrogen and oxygen atoms in total. The number of hydrogen-bond acceptors (Lipinski definition) is 3. The summed E-state index contributed by atoms with van der Waals surface area (Å²) < 4.78 is 18.0. The van der Waals surface area contributed by atoms with Gasteiger partial charge in [0, 0.05) is 0 Å². The van der Waals surface area contributed by atoms with Crippen LogP contribution in [-0.4, -0.2) is 9.97 Å². The molecule has 1 aromatic carbocycles. The Hall–Kier alpha value is -2.17. The fourth-order valence-corrected chi connectivity index (χ4v) is 1.25. The summed E-state index contributed by atoms with van der Waals surface area (Å²) in [6.07, 6.45) is 0.930. The topological polar surface area (TPSA) is 58.8 Å². The van der Waals surface area contributed by atoms with E-state index in [4.69, 9.17) is 10.5 Å². The van der Waals surface area contributed by atoms with Crippen LogP contribution in [0.4, 0.5) is 10.2 Å². The van der Waals surface area contributed by atoms with Gasteiger partial charge in [0.25, 0.3) is 0 Å². The second-order valence-corrected chi connectivity index (χ2v) is 3.62. The monoisotopic (exact) mass is 232 g/mol. The predicted molar refractivity (Wildman–Crippen MR) is 61.5 cm³/mol. The molecule has 0 aliphatic rings. The summed E-state index contributed by atoms with van der Waals surface area (Å²) in [6, 6.07) is 7.82. The lowest BCUT2D eigenvalue weighted by Crippen LogP contribution is -1.99. The zero-order chi connectivity index (χ0) is 12.3. The van der Waals surface area contributed by atoms with Gasteiger partial charge in [-0.15, -0.1) is 0 Å². The molecule has 5 heteroatoms. The van der Waals surface area contributed by atoms with E-state index in [-0.39, 0.29) is 6.01 Å². The maximum absolute atomic E-state index is 12.7. The van der Waals surface area contributed by atoms with Crippen molar-refractivity contribution in [1.82, 2.24) is 9.97 Å². The molecular formula is C12H11FN3O-. The molecule has 0 radical (unpaired) electrons. The van der Waals surface area contributed by atoms with Gasteiger partial charge in [0.15, 0.2) is 0 Å². The van der Waals surface area contributed by atoms with Gasteiger partial charge in [0.1, 0.15) is 12.4 Å². The Morgan fingerprint density at radius 2 is 2.00 bits per heavy atom. The third-order valence-corrected chi connectivity index (χ3v) is 2.21. The minimum atomic E-state index is -0.757. The van der Waals surface area contributed by atoms with E-state index < -0.39 is 11.6 Å². The average molecular weight is 232 g/mol. The summed E-state index contributed by atoms with van der Waals surface area (Å²) >= 11 is 0. The summed E-state index contributed by atoms with van der Waals surface area (Å²) in [5.74, 6) is -1.22. The first kappa shape index (κ1) is 11.3. The number of rotatable bonds is 3. The van der Waals surface area contributed by atoms with Gasteiger partial charge >= 0.3 is 0 Å². The third kappa shape index (κ3) is 2.90. The highest BCUT2D eigenvalue weighted by molar-refractivity contribution is 5.34. The Labute approximate surface area is 98.3 Å². The summed E-state index contributed by atoms with van der Waals surface area (Å²) in [6.45, 7) is 2.30. The van der Waals surface area contributed by atoms with E-state index in [0.29, 0.717) is 6.61 Å². The lowest BCUT2D eigenvalue weighted by molar-refractivity contribution is 0.280. The minimum Gasteiger partial charge on any atom is -0.480 e. The maximum Gasteiger partial charge on any atom is 0.207 e. The van der Waals surface area contributed by atoms with Crippen LogP contribution in [0.15, 0.2) is 30.5 Å². The largest absolute Gasteiger partial charge is 0.480 e. The van der Waals surface area contributed by atoms with E-state index in [1.54, 1.807) is 0 Å². The van der Waals surface area contributed by atoms with Crippen LogP contribution in [0.2, 0.25) is 0 Å². The molecule has 0 amide bonds. The molecule has 2 rings (SSSR count). The van der Waals surface area contributed by atoms with E-state index in [1.165, 1.54) is 5.56 Å². The summed E-state index contributed by atoms with van der Waals surface area (Å²) in [7, 11) is 0. The van der Waals surface area contributed by atoms with E-state index in [0.717, 1.165) is 11.8 Å². The van der Waals surface area contributed by atoms with Crippen LogP contribution >= 0.6 is 0 Å². The molecule has 0 atom stereocenters. The van der Waals surface area contributed by atoms with Crippen molar-refractivity contribution in [2.75, 3.05) is 0 Å². The molecule has 0 saturated carbocycles. The highest BCUT2D eigenvalue weighted by Gasteiger charge is 1.97. The second kappa shape index (κ2) is 4.78. The number of halogens is 1. The highest BCUT2D eigenvalue weighted by atomic mass is 19.1. The summed E-state index contributed by atoms with van der Waals surface area (Å²) in [5.41, 5.74) is 9.30. The van der Waals surface area contributed by atoms with Crippen molar-refractivity contribution in [2.45, 2.75) is 13.5 Å². The van der Waals surface area contributed by atoms with Crippen molar-refractivity contribution < 1.29 is 9.13 Å². The van der Waals surface area contributed by atoms with Crippen molar-refractivity contribution in [3.05, 3.63) is 53.1 Å². The number of benzene rings is 1. The number of hydrogen-bond donors (Lipinski definition) is 0. The number of ether oxygens (including phenoxy) is 1. The Kier molecular flexibility index (Phi) is 3.18. The van der Waals surface area contributed by atoms with Crippen molar-refractivity contribution >= 4 is 5.82 Å². The van der Waals surface area contributed by atoms with Gasteiger partial charge < -0.3 is 15.5 Å². The van der Waals surface area contributed by atoms with Crippen LogP contribution in [0, 0.1) is 12.7 Å². The number of nitrogens with zero attached hydrogens (tertiary/aromatic N) is 2. The van der Waals surface area contributed by atoms with Gasteiger partial charge in [-0.3, -0.25) is 0 Å². The Morgan fingerprint density at radius 1 is 1.29 bits per heavy atom. The van der Waals surface area contributed by atoms with Crippen molar-refractivity contribution in [1.29, 1.82) is 0 Å². The van der Waals surface area contributed by atoms with Crippen LogP contribution in [0.3, 0.4) is 0 Å². The maximum atomic E-state index is 12.7. The van der Waals surface area contributed by atoms with E-state index >= 15 is 0 Å².